The summed E-state index contributed by atoms with van der Waals surface area (Å²) in [5.74, 6) is -0.00438. The predicted molar refractivity (Wildman–Crippen MR) is 90.8 cm³/mol. The lowest BCUT2D eigenvalue weighted by Gasteiger charge is -2.23. The summed E-state index contributed by atoms with van der Waals surface area (Å²) in [7, 11) is 0. The van der Waals surface area contributed by atoms with Crippen LogP contribution >= 0.6 is 0 Å². The van der Waals surface area contributed by atoms with E-state index in [0.29, 0.717) is 19.7 Å². The van der Waals surface area contributed by atoms with Crippen molar-refractivity contribution in [1.29, 1.82) is 0 Å². The summed E-state index contributed by atoms with van der Waals surface area (Å²) in [4.78, 5) is 18.3. The third kappa shape index (κ3) is 5.49. The van der Waals surface area contributed by atoms with Crippen molar-refractivity contribution < 1.29 is 9.53 Å². The van der Waals surface area contributed by atoms with E-state index in [1.165, 1.54) is 5.56 Å². The molecule has 0 fully saturated rings. The van der Waals surface area contributed by atoms with Gasteiger partial charge in [-0.05, 0) is 36.1 Å². The highest BCUT2D eigenvalue weighted by molar-refractivity contribution is 5.77. The quantitative estimate of drug-likeness (QED) is 0.751. The van der Waals surface area contributed by atoms with Crippen LogP contribution in [0.1, 0.15) is 30.5 Å². The molecule has 2 rings (SSSR count). The molecule has 122 valence electrons. The number of pyridine rings is 1. The zero-order valence-electron chi connectivity index (χ0n) is 13.9. The van der Waals surface area contributed by atoms with E-state index in [1.807, 2.05) is 24.0 Å². The van der Waals surface area contributed by atoms with Gasteiger partial charge in [-0.15, -0.1) is 0 Å². The standard InChI is InChI=1S/C19H24N2O2/c1-3-16-7-9-17(10-8-16)13-21(19(22)15-23-4-2)14-18-6-5-11-20-12-18/h5-12H,3-4,13-15H2,1-2H3. The van der Waals surface area contributed by atoms with Gasteiger partial charge in [-0.3, -0.25) is 9.78 Å². The van der Waals surface area contributed by atoms with Crippen LogP contribution in [0.4, 0.5) is 0 Å². The topological polar surface area (TPSA) is 42.4 Å². The molecule has 0 aliphatic carbocycles. The van der Waals surface area contributed by atoms with Crippen molar-refractivity contribution in [3.8, 4) is 0 Å². The summed E-state index contributed by atoms with van der Waals surface area (Å²) in [5.41, 5.74) is 3.44. The Bertz CT molecular complexity index is 597. The Morgan fingerprint density at radius 2 is 1.74 bits per heavy atom. The fourth-order valence-corrected chi connectivity index (χ4v) is 2.33. The lowest BCUT2D eigenvalue weighted by molar-refractivity contribution is -0.137. The molecule has 0 atom stereocenters. The van der Waals surface area contributed by atoms with Gasteiger partial charge in [0.1, 0.15) is 6.61 Å². The van der Waals surface area contributed by atoms with Crippen LogP contribution in [0.15, 0.2) is 48.8 Å². The molecule has 0 aliphatic heterocycles. The minimum Gasteiger partial charge on any atom is -0.372 e. The van der Waals surface area contributed by atoms with Crippen LogP contribution in [0.2, 0.25) is 0 Å². The summed E-state index contributed by atoms with van der Waals surface area (Å²) in [6.45, 7) is 5.79. The Morgan fingerprint density at radius 1 is 1.04 bits per heavy atom. The highest BCUT2D eigenvalue weighted by Gasteiger charge is 2.15. The van der Waals surface area contributed by atoms with Crippen molar-refractivity contribution in [2.75, 3.05) is 13.2 Å². The zero-order valence-corrected chi connectivity index (χ0v) is 13.9. The normalized spacial score (nSPS) is 10.5. The van der Waals surface area contributed by atoms with Gasteiger partial charge in [0, 0.05) is 32.1 Å². The van der Waals surface area contributed by atoms with Crippen molar-refractivity contribution in [2.24, 2.45) is 0 Å². The Labute approximate surface area is 138 Å². The van der Waals surface area contributed by atoms with E-state index in [2.05, 4.69) is 36.2 Å². The van der Waals surface area contributed by atoms with Gasteiger partial charge in [0.25, 0.3) is 0 Å². The largest absolute Gasteiger partial charge is 0.372 e. The molecule has 0 aliphatic rings. The Hall–Kier alpha value is -2.20. The molecule has 4 nitrogen and oxygen atoms in total. The van der Waals surface area contributed by atoms with Crippen LogP contribution in [0.3, 0.4) is 0 Å². The first-order chi connectivity index (χ1) is 11.2. The molecule has 1 aromatic carbocycles. The third-order valence-corrected chi connectivity index (χ3v) is 3.68. The summed E-state index contributed by atoms with van der Waals surface area (Å²) in [6, 6.07) is 12.3. The zero-order chi connectivity index (χ0) is 16.5. The number of nitrogens with zero attached hydrogens (tertiary/aromatic N) is 2. The van der Waals surface area contributed by atoms with E-state index in [4.69, 9.17) is 4.74 Å². The van der Waals surface area contributed by atoms with Crippen LogP contribution in [0.5, 0.6) is 0 Å². The molecule has 0 unspecified atom stereocenters. The highest BCUT2D eigenvalue weighted by atomic mass is 16.5. The number of rotatable bonds is 8. The predicted octanol–water partition coefficient (Wildman–Crippen LogP) is 3.21. The number of hydrogen-bond donors (Lipinski definition) is 0. The summed E-state index contributed by atoms with van der Waals surface area (Å²) >= 11 is 0. The van der Waals surface area contributed by atoms with Gasteiger partial charge in [0.15, 0.2) is 0 Å². The van der Waals surface area contributed by atoms with Crippen LogP contribution in [0, 0.1) is 0 Å². The van der Waals surface area contributed by atoms with E-state index in [0.717, 1.165) is 17.5 Å². The van der Waals surface area contributed by atoms with E-state index >= 15 is 0 Å². The summed E-state index contributed by atoms with van der Waals surface area (Å²) < 4.78 is 5.28. The maximum absolute atomic E-state index is 12.4. The van der Waals surface area contributed by atoms with Crippen molar-refractivity contribution >= 4 is 5.91 Å². The number of hydrogen-bond acceptors (Lipinski definition) is 3. The molecular formula is C19H24N2O2. The monoisotopic (exact) mass is 312 g/mol. The molecule has 0 saturated heterocycles. The minimum atomic E-state index is -0.00438. The third-order valence-electron chi connectivity index (χ3n) is 3.68. The Balaban J connectivity index is 2.09. The molecule has 1 heterocycles. The molecule has 0 N–H and O–H groups in total. The number of carbonyl (C=O) groups excluding carboxylic acids is 1. The van der Waals surface area contributed by atoms with Crippen molar-refractivity contribution in [3.05, 3.63) is 65.5 Å². The fourth-order valence-electron chi connectivity index (χ4n) is 2.33. The SMILES string of the molecule is CCOCC(=O)N(Cc1ccc(CC)cc1)Cc1cccnc1. The van der Waals surface area contributed by atoms with Crippen LogP contribution in [-0.2, 0) is 29.0 Å². The van der Waals surface area contributed by atoms with Crippen molar-refractivity contribution in [1.82, 2.24) is 9.88 Å². The molecule has 1 aromatic heterocycles. The molecule has 0 radical (unpaired) electrons. The molecule has 2 aromatic rings. The van der Waals surface area contributed by atoms with Crippen LogP contribution < -0.4 is 0 Å². The number of carbonyl (C=O) groups is 1. The second-order valence-corrected chi connectivity index (χ2v) is 5.42. The van der Waals surface area contributed by atoms with Gasteiger partial charge >= 0.3 is 0 Å². The minimum absolute atomic E-state index is 0.00438. The average molecular weight is 312 g/mol. The lowest BCUT2D eigenvalue weighted by atomic mass is 10.1. The maximum atomic E-state index is 12.4. The number of ether oxygens (including phenoxy) is 1. The van der Waals surface area contributed by atoms with E-state index in [-0.39, 0.29) is 12.5 Å². The molecule has 4 heteroatoms. The first-order valence-corrected chi connectivity index (χ1v) is 8.05. The van der Waals surface area contributed by atoms with Gasteiger partial charge in [-0.2, -0.15) is 0 Å². The van der Waals surface area contributed by atoms with Crippen molar-refractivity contribution in [3.63, 3.8) is 0 Å². The molecule has 23 heavy (non-hydrogen) atoms. The number of aryl methyl sites for hydroxylation is 1. The van der Waals surface area contributed by atoms with Crippen LogP contribution in [-0.4, -0.2) is 29.0 Å². The summed E-state index contributed by atoms with van der Waals surface area (Å²) in [5, 5.41) is 0. The van der Waals surface area contributed by atoms with Gasteiger partial charge in [-0.25, -0.2) is 0 Å². The van der Waals surface area contributed by atoms with E-state index < -0.39 is 0 Å². The first-order valence-electron chi connectivity index (χ1n) is 8.05. The number of benzene rings is 1. The van der Waals surface area contributed by atoms with Gasteiger partial charge in [-0.1, -0.05) is 37.3 Å². The van der Waals surface area contributed by atoms with Gasteiger partial charge in [0.05, 0.1) is 0 Å². The van der Waals surface area contributed by atoms with E-state index in [9.17, 15) is 4.79 Å². The van der Waals surface area contributed by atoms with E-state index in [1.54, 1.807) is 12.4 Å². The smallest absolute Gasteiger partial charge is 0.249 e. The molecule has 0 bridgehead atoms. The highest BCUT2D eigenvalue weighted by Crippen LogP contribution is 2.12. The fraction of sp³-hybridized carbons (Fsp3) is 0.368. The lowest BCUT2D eigenvalue weighted by Crippen LogP contribution is -2.33. The second-order valence-electron chi connectivity index (χ2n) is 5.42. The number of aromatic nitrogens is 1. The average Bonchev–Trinajstić information content (AvgIpc) is 2.60. The second kappa shape index (κ2) is 9.06. The van der Waals surface area contributed by atoms with Crippen LogP contribution in [0.25, 0.3) is 0 Å². The van der Waals surface area contributed by atoms with Crippen molar-refractivity contribution in [2.45, 2.75) is 33.4 Å². The summed E-state index contributed by atoms with van der Waals surface area (Å²) in [6.07, 6.45) is 4.55. The van der Waals surface area contributed by atoms with Gasteiger partial charge < -0.3 is 9.64 Å². The number of amides is 1. The molecule has 0 spiro atoms. The Kier molecular flexibility index (Phi) is 6.76. The Morgan fingerprint density at radius 3 is 2.35 bits per heavy atom. The van der Waals surface area contributed by atoms with Gasteiger partial charge in [0.2, 0.25) is 5.91 Å². The molecule has 0 saturated carbocycles. The maximum Gasteiger partial charge on any atom is 0.249 e. The molecular weight excluding hydrogens is 288 g/mol. The first kappa shape index (κ1) is 17.2. The molecule has 1 amide bonds.